The number of allylic oxidation sites excluding steroid dienone is 1. The van der Waals surface area contributed by atoms with Gasteiger partial charge in [-0.15, -0.1) is 12.3 Å². The van der Waals surface area contributed by atoms with Crippen LogP contribution < -0.4 is 38.0 Å². The van der Waals surface area contributed by atoms with Crippen LogP contribution in [0.4, 0.5) is 29.2 Å². The summed E-state index contributed by atoms with van der Waals surface area (Å²) in [5.74, 6) is -9.08. The van der Waals surface area contributed by atoms with Crippen molar-refractivity contribution < 1.29 is 86.4 Å². The monoisotopic (exact) mass is 1240 g/mol. The Labute approximate surface area is 497 Å². The van der Waals surface area contributed by atoms with E-state index in [1.54, 1.807) is 34.6 Å². The van der Waals surface area contributed by atoms with E-state index < -0.39 is 127 Å². The average Bonchev–Trinajstić information content (AvgIpc) is 1.87. The van der Waals surface area contributed by atoms with Crippen molar-refractivity contribution in [3.05, 3.63) is 80.2 Å². The second-order valence-electron chi connectivity index (χ2n) is 19.4. The molecule has 2 saturated heterocycles. The number of carbonyl (C=O) groups excluding carboxylic acids is 6. The molecule has 2 aromatic rings. The zero-order valence-electron chi connectivity index (χ0n) is 46.4. The Hall–Kier alpha value is -7.47. The highest BCUT2D eigenvalue weighted by Crippen LogP contribution is 2.43. The number of halogens is 4. The summed E-state index contributed by atoms with van der Waals surface area (Å²) in [5.41, 5.74) is 4.67. The fourth-order valence-electron chi connectivity index (χ4n) is 7.23. The van der Waals surface area contributed by atoms with Gasteiger partial charge in [-0.3, -0.25) is 37.9 Å². The van der Waals surface area contributed by atoms with Crippen LogP contribution >= 0.6 is 0 Å². The average molecular weight is 1240 g/mol. The van der Waals surface area contributed by atoms with Gasteiger partial charge in [0.05, 0.1) is 37.4 Å². The number of aliphatic hydroxyl groups excluding tert-OH is 6. The summed E-state index contributed by atoms with van der Waals surface area (Å²) in [5, 5.41) is 71.0. The number of nitrogens with one attached hydrogen (secondary N) is 5. The molecule has 4 unspecified atom stereocenters. The van der Waals surface area contributed by atoms with Gasteiger partial charge in [0.25, 0.3) is 0 Å². The second-order valence-corrected chi connectivity index (χ2v) is 19.4. The molecule has 86 heavy (non-hydrogen) atoms. The van der Waals surface area contributed by atoms with Crippen LogP contribution in [0.5, 0.6) is 0 Å². The lowest BCUT2D eigenvalue weighted by Crippen LogP contribution is -2.50. The Morgan fingerprint density at radius 3 is 1.53 bits per heavy atom. The van der Waals surface area contributed by atoms with E-state index >= 15 is 0 Å². The maximum Gasteiger partial charge on any atom is 0.351 e. The van der Waals surface area contributed by atoms with Gasteiger partial charge in [0.15, 0.2) is 18.0 Å². The van der Waals surface area contributed by atoms with Gasteiger partial charge in [-0.1, -0.05) is 68.7 Å². The number of rotatable bonds is 24. The molecule has 2 fully saturated rings. The van der Waals surface area contributed by atoms with E-state index in [2.05, 4.69) is 72.1 Å². The number of carbonyl (C=O) groups is 6. The molecule has 0 spiro atoms. The quantitative estimate of drug-likeness (QED) is 0.0180. The molecule has 0 radical (unpaired) electrons. The molecule has 2 aliphatic rings. The minimum Gasteiger partial charge on any atom is -0.394 e. The van der Waals surface area contributed by atoms with Crippen LogP contribution in [0.15, 0.2) is 63.5 Å². The normalized spacial score (nSPS) is 20.2. The summed E-state index contributed by atoms with van der Waals surface area (Å²) in [6, 6.07) is 2.11. The summed E-state index contributed by atoms with van der Waals surface area (Å²) in [7, 11) is 0. The third-order valence-corrected chi connectivity index (χ3v) is 11.9. The van der Waals surface area contributed by atoms with Gasteiger partial charge >= 0.3 is 23.2 Å². The topological polar surface area (TPSA) is 421 Å². The number of azide groups is 1. The van der Waals surface area contributed by atoms with Crippen LogP contribution in [0, 0.1) is 23.2 Å². The number of anilines is 2. The Morgan fingerprint density at radius 1 is 0.779 bits per heavy atom. The molecular weight excluding hydrogens is 1150 g/mol. The molecule has 10 atom stereocenters. The number of Topliss-reactive ketones (excluding diaryl/α,β-unsaturated/α-hetero) is 1. The number of hydrogen-bond acceptors (Lipinski definition) is 19. The number of aliphatic hydroxyl groups is 6. The van der Waals surface area contributed by atoms with E-state index in [0.717, 1.165) is 24.5 Å². The van der Waals surface area contributed by atoms with Crippen LogP contribution in [-0.4, -0.2) is 173 Å². The first-order valence-corrected chi connectivity index (χ1v) is 24.9. The van der Waals surface area contributed by atoms with E-state index in [1.165, 1.54) is 20.8 Å². The summed E-state index contributed by atoms with van der Waals surface area (Å²) in [4.78, 5) is 106. The van der Waals surface area contributed by atoms with Crippen molar-refractivity contribution >= 4 is 47.0 Å². The summed E-state index contributed by atoms with van der Waals surface area (Å²) in [6.07, 6.45) is -7.14. The van der Waals surface area contributed by atoms with Crippen LogP contribution in [0.1, 0.15) is 123 Å². The fraction of sp³-hybridized carbons (Fsp3) is 0.630. The van der Waals surface area contributed by atoms with Crippen LogP contribution in [-0.2, 0) is 38.2 Å². The summed E-state index contributed by atoms with van der Waals surface area (Å²) < 4.78 is 67.5. The molecule has 11 N–H and O–H groups in total. The fourth-order valence-corrected chi connectivity index (χ4v) is 7.23. The van der Waals surface area contributed by atoms with E-state index in [4.69, 9.17) is 30.3 Å². The van der Waals surface area contributed by atoms with Gasteiger partial charge in [0, 0.05) is 60.8 Å². The summed E-state index contributed by atoms with van der Waals surface area (Å²) >= 11 is 0. The Kier molecular flexibility index (Phi) is 38.1. The molecule has 4 heterocycles. The van der Waals surface area contributed by atoms with Crippen LogP contribution in [0.3, 0.4) is 0 Å². The van der Waals surface area contributed by atoms with E-state index in [9.17, 15) is 71.2 Å². The molecule has 0 saturated carbocycles. The van der Waals surface area contributed by atoms with E-state index in [0.29, 0.717) is 26.7 Å². The molecule has 32 heteroatoms. The number of hydrogen-bond donors (Lipinski definition) is 11. The van der Waals surface area contributed by atoms with Crippen LogP contribution in [0.2, 0.25) is 0 Å². The lowest BCUT2D eigenvalue weighted by Gasteiger charge is -2.36. The van der Waals surface area contributed by atoms with Crippen molar-refractivity contribution in [2.24, 2.45) is 15.9 Å². The molecule has 488 valence electrons. The third-order valence-electron chi connectivity index (χ3n) is 11.9. The Morgan fingerprint density at radius 2 is 1.19 bits per heavy atom. The molecule has 0 bridgehead atoms. The largest absolute Gasteiger partial charge is 0.394 e. The number of ether oxygens (including phenoxy) is 2. The van der Waals surface area contributed by atoms with Crippen molar-refractivity contribution in [2.75, 3.05) is 50.0 Å². The number of ketones is 1. The Balaban J connectivity index is -0.000000654. The number of terminal acetylenes is 1. The minimum absolute atomic E-state index is 0. The van der Waals surface area contributed by atoms with Gasteiger partial charge in [0.2, 0.25) is 42.0 Å². The van der Waals surface area contributed by atoms with Crippen molar-refractivity contribution in [1.29, 1.82) is 0 Å². The Bertz CT molecular complexity index is 2790. The van der Waals surface area contributed by atoms with Gasteiger partial charge in [-0.2, -0.15) is 27.5 Å². The predicted octanol–water partition coefficient (Wildman–Crippen LogP) is 3.04. The van der Waals surface area contributed by atoms with Crippen molar-refractivity contribution in [1.82, 2.24) is 35.1 Å². The first-order valence-electron chi connectivity index (χ1n) is 24.9. The zero-order chi connectivity index (χ0) is 63.1. The van der Waals surface area contributed by atoms with Crippen molar-refractivity contribution in [3.63, 3.8) is 0 Å². The molecule has 0 aromatic carbocycles. The minimum atomic E-state index is -3.91. The zero-order valence-corrected chi connectivity index (χ0v) is 46.4. The molecule has 2 aromatic heterocycles. The molecule has 4 rings (SSSR count). The highest BCUT2D eigenvalue weighted by Gasteiger charge is 2.60. The SMILES string of the molecule is C.C.C.C.C#CC.C=C(C)C(=O)CCC(=O)Nc1ccn([C@@H]2O[C@H](CO)[C@H](O)C2(F)F)c(=O)n1.C=C(C)C(=O)NCC(C)O.CCC(C)(CC(C)(CN=[N+]=[N-])C(=O)NCC(=O)Nc1ccn([C@@H]2O[C@H](CO)[C@H](O)C2(F)F)c(=O)n1)C(=O)NCC(C)O. The first kappa shape index (κ1) is 85.0. The maximum absolute atomic E-state index is 14.4. The highest BCUT2D eigenvalue weighted by molar-refractivity contribution is 5.98. The van der Waals surface area contributed by atoms with Gasteiger partial charge in [0.1, 0.15) is 23.8 Å². The first-order chi connectivity index (χ1) is 38.1. The molecular formula is C54H88F4N12O16. The summed E-state index contributed by atoms with van der Waals surface area (Å²) in [6.45, 7) is 17.2. The van der Waals surface area contributed by atoms with Gasteiger partial charge in [-0.25, -0.2) is 9.59 Å². The maximum atomic E-state index is 14.4. The number of aromatic nitrogens is 4. The lowest BCUT2D eigenvalue weighted by atomic mass is 9.70. The molecule has 5 amide bonds. The van der Waals surface area contributed by atoms with Gasteiger partial charge in [-0.05, 0) is 70.7 Å². The molecule has 0 aliphatic carbocycles. The second kappa shape index (κ2) is 38.6. The predicted molar refractivity (Wildman–Crippen MR) is 311 cm³/mol. The van der Waals surface area contributed by atoms with Gasteiger partial charge < -0.3 is 66.7 Å². The highest BCUT2D eigenvalue weighted by atomic mass is 19.3. The van der Waals surface area contributed by atoms with Crippen molar-refractivity contribution in [3.8, 4) is 12.3 Å². The number of alkyl halides is 4. The number of nitrogens with zero attached hydrogens (tertiary/aromatic N) is 7. The number of amides is 5. The smallest absolute Gasteiger partial charge is 0.351 e. The molecule has 28 nitrogen and oxygen atoms in total. The standard InChI is InChI=1S/C24H36F2N8O8.C16H19F2N3O6.C7H13NO2.C3H4.4CH4/c1-5-22(3,18(39)28-8-13(2)36)11-23(4,12-30-33-27)19(40)29-9-16(37)31-15-6-7-34(21(41)32-15)20-24(25,26)17(38)14(10-35)42-20;1-8(2)9(23)3-4-12(24)19-11-5-6-21(15(26)20-11)14-16(17,18)13(25)10(7-22)27-14;1-5(2)7(10)8-4-6(3)9;1-3-2;;;;/h6-7,13-14,17,20,35-36,38H,5,8-12H2,1-4H3,(H,28,39)(H,29,40)(H,31,32,37,41);5-6,10,13-14,22,25H,1,3-4,7H2,2H3,(H,19,20,24,26);6,9H,1,4H2,2-3H3,(H,8,10);1H,2H3;4*1H4/t13?,14-,17+,20-,22?,23?;10-,13+,14-;;;;;;/m11....../s1. The van der Waals surface area contributed by atoms with Crippen LogP contribution in [0.25, 0.3) is 10.4 Å². The molecule has 2 aliphatic heterocycles. The van der Waals surface area contributed by atoms with E-state index in [-0.39, 0.29) is 91.9 Å². The van der Waals surface area contributed by atoms with E-state index in [1.807, 2.05) is 0 Å². The van der Waals surface area contributed by atoms with Crippen molar-refractivity contribution in [2.45, 2.75) is 172 Å². The lowest BCUT2D eigenvalue weighted by molar-refractivity contribution is -0.141. The third kappa shape index (κ3) is 24.9.